The summed E-state index contributed by atoms with van der Waals surface area (Å²) in [5, 5.41) is 11.6. The number of methoxy groups -OCH3 is 1. The quantitative estimate of drug-likeness (QED) is 0.581. The summed E-state index contributed by atoms with van der Waals surface area (Å²) in [6, 6.07) is 0. The number of rotatable bonds is 6. The van der Waals surface area contributed by atoms with Crippen LogP contribution in [0, 0.1) is 5.92 Å². The van der Waals surface area contributed by atoms with Gasteiger partial charge in [-0.3, -0.25) is 9.59 Å². The standard InChI is InChI=1S/C9H16N2O4/c1-15-3-2-11(6-8(12)13)9(14)7-4-10-5-7/h7,10H,2-6H2,1H3,(H,12,13). The molecule has 6 nitrogen and oxygen atoms in total. The predicted molar refractivity (Wildman–Crippen MR) is 52.5 cm³/mol. The first-order chi connectivity index (χ1) is 7.15. The molecule has 0 unspecified atom stereocenters. The molecule has 1 aliphatic rings. The normalized spacial score (nSPS) is 15.8. The Kier molecular flexibility index (Phi) is 4.51. The van der Waals surface area contributed by atoms with Crippen molar-refractivity contribution in [1.82, 2.24) is 10.2 Å². The molecule has 2 N–H and O–H groups in total. The molecule has 1 rings (SSSR count). The molecular formula is C9H16N2O4. The van der Waals surface area contributed by atoms with Crippen molar-refractivity contribution in [3.05, 3.63) is 0 Å². The number of hydrogen-bond acceptors (Lipinski definition) is 4. The summed E-state index contributed by atoms with van der Waals surface area (Å²) < 4.78 is 4.83. The average molecular weight is 216 g/mol. The van der Waals surface area contributed by atoms with Crippen LogP contribution in [0.5, 0.6) is 0 Å². The molecule has 1 saturated heterocycles. The first-order valence-corrected chi connectivity index (χ1v) is 4.85. The Morgan fingerprint density at radius 3 is 2.60 bits per heavy atom. The number of carboxylic acids is 1. The Hall–Kier alpha value is -1.14. The highest BCUT2D eigenvalue weighted by atomic mass is 16.5. The summed E-state index contributed by atoms with van der Waals surface area (Å²) in [7, 11) is 1.52. The number of carboxylic acid groups (broad SMARTS) is 1. The molecule has 1 fully saturated rings. The van der Waals surface area contributed by atoms with E-state index < -0.39 is 5.97 Å². The molecule has 1 amide bonds. The van der Waals surface area contributed by atoms with E-state index in [2.05, 4.69) is 5.32 Å². The molecule has 0 spiro atoms. The zero-order chi connectivity index (χ0) is 11.3. The van der Waals surface area contributed by atoms with Crippen LogP contribution in [0.25, 0.3) is 0 Å². The van der Waals surface area contributed by atoms with Gasteiger partial charge >= 0.3 is 5.97 Å². The molecule has 0 radical (unpaired) electrons. The van der Waals surface area contributed by atoms with Crippen molar-refractivity contribution in [1.29, 1.82) is 0 Å². The first-order valence-electron chi connectivity index (χ1n) is 4.85. The lowest BCUT2D eigenvalue weighted by molar-refractivity contribution is -0.147. The SMILES string of the molecule is COCCN(CC(=O)O)C(=O)C1CNC1. The minimum absolute atomic E-state index is 0.0683. The summed E-state index contributed by atoms with van der Waals surface area (Å²) in [6.45, 7) is 1.72. The molecule has 0 aliphatic carbocycles. The monoisotopic (exact) mass is 216 g/mol. The Bertz CT molecular complexity index is 240. The van der Waals surface area contributed by atoms with Crippen LogP contribution in [0.3, 0.4) is 0 Å². The molecular weight excluding hydrogens is 200 g/mol. The van der Waals surface area contributed by atoms with E-state index in [-0.39, 0.29) is 18.4 Å². The number of hydrogen-bond donors (Lipinski definition) is 2. The lowest BCUT2D eigenvalue weighted by atomic mass is 10.0. The third-order valence-electron chi connectivity index (χ3n) is 2.33. The zero-order valence-electron chi connectivity index (χ0n) is 8.73. The second kappa shape index (κ2) is 5.67. The Morgan fingerprint density at radius 2 is 2.20 bits per heavy atom. The van der Waals surface area contributed by atoms with Gasteiger partial charge in [0.25, 0.3) is 0 Å². The van der Waals surface area contributed by atoms with Crippen molar-refractivity contribution >= 4 is 11.9 Å². The molecule has 0 aromatic heterocycles. The largest absolute Gasteiger partial charge is 0.480 e. The topological polar surface area (TPSA) is 78.9 Å². The summed E-state index contributed by atoms with van der Waals surface area (Å²) in [5.74, 6) is -1.17. The van der Waals surface area contributed by atoms with E-state index in [0.29, 0.717) is 26.2 Å². The van der Waals surface area contributed by atoms with Gasteiger partial charge in [0.2, 0.25) is 5.91 Å². The van der Waals surface area contributed by atoms with Crippen molar-refractivity contribution < 1.29 is 19.4 Å². The second-order valence-corrected chi connectivity index (χ2v) is 3.50. The van der Waals surface area contributed by atoms with Gasteiger partial charge in [0, 0.05) is 26.7 Å². The van der Waals surface area contributed by atoms with Crippen molar-refractivity contribution in [2.24, 2.45) is 5.92 Å². The lowest BCUT2D eigenvalue weighted by Gasteiger charge is -2.31. The highest BCUT2D eigenvalue weighted by Crippen LogP contribution is 2.07. The van der Waals surface area contributed by atoms with Gasteiger partial charge in [0.1, 0.15) is 6.54 Å². The van der Waals surface area contributed by atoms with Crippen LogP contribution < -0.4 is 5.32 Å². The molecule has 15 heavy (non-hydrogen) atoms. The molecule has 86 valence electrons. The van der Waals surface area contributed by atoms with Crippen LogP contribution in [0.15, 0.2) is 0 Å². The molecule has 0 aromatic carbocycles. The Labute approximate surface area is 88.2 Å². The third kappa shape index (κ3) is 3.49. The maximum atomic E-state index is 11.7. The van der Waals surface area contributed by atoms with Gasteiger partial charge in [-0.05, 0) is 0 Å². The first kappa shape index (κ1) is 11.9. The van der Waals surface area contributed by atoms with Gasteiger partial charge in [0.15, 0.2) is 0 Å². The van der Waals surface area contributed by atoms with Gasteiger partial charge in [-0.15, -0.1) is 0 Å². The van der Waals surface area contributed by atoms with Crippen LogP contribution in [-0.2, 0) is 14.3 Å². The van der Waals surface area contributed by atoms with E-state index in [4.69, 9.17) is 9.84 Å². The van der Waals surface area contributed by atoms with Crippen molar-refractivity contribution in [2.45, 2.75) is 0 Å². The van der Waals surface area contributed by atoms with Crippen molar-refractivity contribution in [3.63, 3.8) is 0 Å². The van der Waals surface area contributed by atoms with E-state index in [9.17, 15) is 9.59 Å². The fraction of sp³-hybridized carbons (Fsp3) is 0.778. The van der Waals surface area contributed by atoms with E-state index in [0.717, 1.165) is 0 Å². The van der Waals surface area contributed by atoms with Crippen LogP contribution in [0.4, 0.5) is 0 Å². The van der Waals surface area contributed by atoms with E-state index >= 15 is 0 Å². The molecule has 0 aromatic rings. The minimum atomic E-state index is -0.994. The highest BCUT2D eigenvalue weighted by molar-refractivity contribution is 5.84. The van der Waals surface area contributed by atoms with E-state index in [1.807, 2.05) is 0 Å². The predicted octanol–water partition coefficient (Wildman–Crippen LogP) is -1.23. The van der Waals surface area contributed by atoms with Crippen LogP contribution in [0.2, 0.25) is 0 Å². The van der Waals surface area contributed by atoms with Crippen molar-refractivity contribution in [3.8, 4) is 0 Å². The Balaban J connectivity index is 2.45. The fourth-order valence-electron chi connectivity index (χ4n) is 1.35. The molecule has 6 heteroatoms. The number of carbonyl (C=O) groups excluding carboxylic acids is 1. The number of aliphatic carboxylic acids is 1. The van der Waals surface area contributed by atoms with Crippen LogP contribution in [0.1, 0.15) is 0 Å². The summed E-state index contributed by atoms with van der Waals surface area (Å²) >= 11 is 0. The number of amides is 1. The maximum Gasteiger partial charge on any atom is 0.323 e. The van der Waals surface area contributed by atoms with Crippen molar-refractivity contribution in [2.75, 3.05) is 39.9 Å². The Morgan fingerprint density at radius 1 is 1.53 bits per heavy atom. The zero-order valence-corrected chi connectivity index (χ0v) is 8.73. The highest BCUT2D eigenvalue weighted by Gasteiger charge is 2.29. The summed E-state index contributed by atoms with van der Waals surface area (Å²) in [5.41, 5.74) is 0. The third-order valence-corrected chi connectivity index (χ3v) is 2.33. The minimum Gasteiger partial charge on any atom is -0.480 e. The molecule has 0 bridgehead atoms. The maximum absolute atomic E-state index is 11.7. The summed E-state index contributed by atoms with van der Waals surface area (Å²) in [6.07, 6.45) is 0. The lowest BCUT2D eigenvalue weighted by Crippen LogP contribution is -2.53. The van der Waals surface area contributed by atoms with Gasteiger partial charge in [0.05, 0.1) is 12.5 Å². The number of nitrogens with zero attached hydrogens (tertiary/aromatic N) is 1. The van der Waals surface area contributed by atoms with E-state index in [1.54, 1.807) is 0 Å². The molecule has 1 aliphatic heterocycles. The van der Waals surface area contributed by atoms with Gasteiger partial charge < -0.3 is 20.1 Å². The van der Waals surface area contributed by atoms with Gasteiger partial charge in [-0.25, -0.2) is 0 Å². The molecule has 1 heterocycles. The second-order valence-electron chi connectivity index (χ2n) is 3.50. The average Bonchev–Trinajstić information content (AvgIpc) is 2.08. The number of nitrogens with one attached hydrogen (secondary N) is 1. The molecule has 0 atom stereocenters. The van der Waals surface area contributed by atoms with Gasteiger partial charge in [-0.1, -0.05) is 0 Å². The number of ether oxygens (including phenoxy) is 1. The van der Waals surface area contributed by atoms with E-state index in [1.165, 1.54) is 12.0 Å². The fourth-order valence-corrected chi connectivity index (χ4v) is 1.35. The van der Waals surface area contributed by atoms with Crippen LogP contribution in [-0.4, -0.2) is 61.8 Å². The summed E-state index contributed by atoms with van der Waals surface area (Å²) in [4.78, 5) is 23.6. The van der Waals surface area contributed by atoms with Crippen LogP contribution >= 0.6 is 0 Å². The molecule has 0 saturated carbocycles. The smallest absolute Gasteiger partial charge is 0.323 e. The van der Waals surface area contributed by atoms with Gasteiger partial charge in [-0.2, -0.15) is 0 Å². The number of carbonyl (C=O) groups is 2.